The number of hydrogen-bond acceptors (Lipinski definition) is 8. The summed E-state index contributed by atoms with van der Waals surface area (Å²) in [4.78, 5) is 29.6. The summed E-state index contributed by atoms with van der Waals surface area (Å²) in [6, 6.07) is 4.02. The fourth-order valence-electron chi connectivity index (χ4n) is 3.57. The fourth-order valence-corrected chi connectivity index (χ4v) is 5.94. The van der Waals surface area contributed by atoms with Gasteiger partial charge < -0.3 is 4.74 Å². The number of primary amides is 1. The van der Waals surface area contributed by atoms with E-state index in [1.165, 1.54) is 18.4 Å². The second-order valence-corrected chi connectivity index (χ2v) is 10.7. The van der Waals surface area contributed by atoms with Crippen molar-refractivity contribution in [1.82, 2.24) is 19.9 Å². The van der Waals surface area contributed by atoms with Crippen molar-refractivity contribution in [2.75, 3.05) is 56.7 Å². The van der Waals surface area contributed by atoms with Crippen molar-refractivity contribution >= 4 is 43.6 Å². The molecule has 1 aliphatic carbocycles. The molecule has 0 aromatic carbocycles. The van der Waals surface area contributed by atoms with Crippen molar-refractivity contribution in [3.8, 4) is 0 Å². The molecule has 171 valence electrons. The van der Waals surface area contributed by atoms with Crippen molar-refractivity contribution in [3.05, 3.63) is 30.1 Å². The van der Waals surface area contributed by atoms with Crippen LogP contribution in [-0.4, -0.2) is 88.0 Å². The molecule has 0 spiro atoms. The summed E-state index contributed by atoms with van der Waals surface area (Å²) in [5.41, 5.74) is 7.40. The quantitative estimate of drug-likeness (QED) is 0.438. The minimum absolute atomic E-state index is 0.203. The van der Waals surface area contributed by atoms with E-state index >= 15 is 0 Å². The Kier molecular flexibility index (Phi) is 7.94. The average molecular weight is 500 g/mol. The molecule has 0 bridgehead atoms. The normalized spacial score (nSPS) is 17.0. The van der Waals surface area contributed by atoms with Crippen LogP contribution in [0.5, 0.6) is 0 Å². The number of aromatic nitrogens is 3. The number of nitrogens with two attached hydrogens (primary N) is 1. The Morgan fingerprint density at radius 3 is 2.78 bits per heavy atom. The number of rotatable bonds is 11. The molecule has 2 aromatic heterocycles. The number of nitrogens with one attached hydrogen (secondary N) is 1. The van der Waals surface area contributed by atoms with Gasteiger partial charge in [-0.05, 0) is 0 Å². The number of ether oxygens (including phenoxy) is 1. The van der Waals surface area contributed by atoms with Crippen LogP contribution in [0.25, 0.3) is 0 Å². The molecule has 3 N–H and O–H groups in total. The number of amides is 1. The van der Waals surface area contributed by atoms with Crippen LogP contribution in [0.2, 0.25) is 5.21 Å². The number of likely N-dealkylation sites (N-methyl/N-ethyl adjacent to an activating group) is 1. The van der Waals surface area contributed by atoms with Crippen LogP contribution in [0.1, 0.15) is 30.7 Å². The van der Waals surface area contributed by atoms with Crippen LogP contribution < -0.4 is 20.4 Å². The first kappa shape index (κ1) is 23.0. The Morgan fingerprint density at radius 1 is 1.28 bits per heavy atom. The van der Waals surface area contributed by atoms with Crippen LogP contribution in [0.15, 0.2) is 24.5 Å². The number of carbonyl (C=O) groups excluding carboxylic acids is 1. The number of carbonyl (C=O) groups is 1. The number of anilines is 3. The van der Waals surface area contributed by atoms with Crippen LogP contribution in [0.4, 0.5) is 17.5 Å². The van der Waals surface area contributed by atoms with Gasteiger partial charge in [0.25, 0.3) is 0 Å². The molecule has 1 amide bonds. The van der Waals surface area contributed by atoms with Crippen LogP contribution >= 0.6 is 0 Å². The van der Waals surface area contributed by atoms with Gasteiger partial charge in [0.05, 0.1) is 13.2 Å². The van der Waals surface area contributed by atoms with Crippen molar-refractivity contribution in [3.63, 3.8) is 0 Å². The Bertz CT molecular complexity index is 902. The van der Waals surface area contributed by atoms with E-state index in [-0.39, 0.29) is 21.7 Å². The second-order valence-electron chi connectivity index (χ2n) is 8.25. The number of pyridine rings is 1. The van der Waals surface area contributed by atoms with E-state index in [0.717, 1.165) is 60.6 Å². The standard InChI is InChI=1S/C22H31AsN7O2/c1-29(8-9-30-10-12-32-13-11-30)20-5-4-17(14-25-20)27-22-26-15-18(16-2-3-16)21(28-22)23-7-6-19(24)31/h4-5,14-16H,2-3,6-13H2,1H3,(H2,24,31)(H,26,27,28). The zero-order valence-electron chi connectivity index (χ0n) is 18.5. The van der Waals surface area contributed by atoms with E-state index in [9.17, 15) is 4.79 Å². The first-order valence-corrected chi connectivity index (χ1v) is 13.4. The third-order valence-electron chi connectivity index (χ3n) is 5.68. The van der Waals surface area contributed by atoms with E-state index in [1.54, 1.807) is 0 Å². The maximum atomic E-state index is 11.1. The zero-order valence-corrected chi connectivity index (χ0v) is 20.4. The van der Waals surface area contributed by atoms with Crippen molar-refractivity contribution in [2.45, 2.75) is 30.4 Å². The molecule has 32 heavy (non-hydrogen) atoms. The van der Waals surface area contributed by atoms with Gasteiger partial charge in [-0.25, -0.2) is 0 Å². The third kappa shape index (κ3) is 6.64. The minimum atomic E-state index is -0.248. The molecule has 9 nitrogen and oxygen atoms in total. The van der Waals surface area contributed by atoms with E-state index in [4.69, 9.17) is 15.5 Å². The predicted molar refractivity (Wildman–Crippen MR) is 126 cm³/mol. The van der Waals surface area contributed by atoms with E-state index < -0.39 is 0 Å². The van der Waals surface area contributed by atoms with Gasteiger partial charge in [-0.15, -0.1) is 0 Å². The van der Waals surface area contributed by atoms with Crippen molar-refractivity contribution < 1.29 is 9.53 Å². The SMILES string of the molecule is CN(CCN1CCOCC1)c1ccc(Nc2ncc(C3CC3)c([As]CCC(N)=O)n2)cn1. The van der Waals surface area contributed by atoms with Gasteiger partial charge in [-0.3, -0.25) is 0 Å². The summed E-state index contributed by atoms with van der Waals surface area (Å²) in [6.07, 6.45) is 6.58. The van der Waals surface area contributed by atoms with Gasteiger partial charge in [0.2, 0.25) is 0 Å². The second kappa shape index (κ2) is 11.1. The van der Waals surface area contributed by atoms with Gasteiger partial charge in [0.1, 0.15) is 0 Å². The van der Waals surface area contributed by atoms with Crippen LogP contribution in [-0.2, 0) is 9.53 Å². The monoisotopic (exact) mass is 500 g/mol. The third-order valence-corrected chi connectivity index (χ3v) is 8.00. The summed E-state index contributed by atoms with van der Waals surface area (Å²) in [5, 5.41) is 4.08. The number of morpholine rings is 1. The van der Waals surface area contributed by atoms with E-state index in [2.05, 4.69) is 32.1 Å². The molecular weight excluding hydrogens is 469 g/mol. The summed E-state index contributed by atoms with van der Waals surface area (Å²) in [7, 11) is 2.07. The zero-order chi connectivity index (χ0) is 22.3. The van der Waals surface area contributed by atoms with Gasteiger partial charge in [-0.1, -0.05) is 0 Å². The number of hydrogen-bond donors (Lipinski definition) is 2. The molecule has 2 aliphatic rings. The van der Waals surface area contributed by atoms with Gasteiger partial charge in [0.15, 0.2) is 0 Å². The van der Waals surface area contributed by atoms with Crippen LogP contribution in [0.3, 0.4) is 0 Å². The van der Waals surface area contributed by atoms with Crippen LogP contribution in [0, 0.1) is 0 Å². The maximum absolute atomic E-state index is 11.1. The summed E-state index contributed by atoms with van der Waals surface area (Å²) < 4.78 is 6.51. The van der Waals surface area contributed by atoms with Crippen molar-refractivity contribution in [2.24, 2.45) is 5.73 Å². The first-order valence-electron chi connectivity index (χ1n) is 11.2. The molecule has 2 aromatic rings. The van der Waals surface area contributed by atoms with Gasteiger partial charge >= 0.3 is 165 Å². The Morgan fingerprint density at radius 2 is 2.09 bits per heavy atom. The molecule has 4 rings (SSSR count). The van der Waals surface area contributed by atoms with Gasteiger partial charge in [0, 0.05) is 13.1 Å². The molecule has 2 fully saturated rings. The Hall–Kier alpha value is -2.22. The molecule has 0 unspecified atom stereocenters. The Balaban J connectivity index is 1.34. The molecule has 10 heteroatoms. The number of nitrogens with zero attached hydrogens (tertiary/aromatic N) is 5. The van der Waals surface area contributed by atoms with Crippen molar-refractivity contribution in [1.29, 1.82) is 0 Å². The van der Waals surface area contributed by atoms with E-state index in [1.807, 2.05) is 24.5 Å². The molecule has 1 saturated heterocycles. The molecule has 3 heterocycles. The Labute approximate surface area is 195 Å². The molecule has 1 aliphatic heterocycles. The van der Waals surface area contributed by atoms with E-state index in [0.29, 0.717) is 18.3 Å². The molecule has 1 radical (unpaired) electrons. The summed E-state index contributed by atoms with van der Waals surface area (Å²) in [6.45, 7) is 5.56. The summed E-state index contributed by atoms with van der Waals surface area (Å²) >= 11 is -0.203. The predicted octanol–water partition coefficient (Wildman–Crippen LogP) is 0.884. The fraction of sp³-hybridized carbons (Fsp3) is 0.545. The van der Waals surface area contributed by atoms with Gasteiger partial charge in [-0.2, -0.15) is 0 Å². The topological polar surface area (TPSA) is 110 Å². The average Bonchev–Trinajstić information content (AvgIpc) is 3.64. The first-order chi connectivity index (χ1) is 15.6. The molecule has 0 atom stereocenters. The summed E-state index contributed by atoms with van der Waals surface area (Å²) in [5.74, 6) is 1.85. The molecule has 1 saturated carbocycles. The molecular formula is C22H31AsN7O2.